The monoisotopic (exact) mass is 247 g/mol. The number of pyridine rings is 1. The second-order valence-corrected chi connectivity index (χ2v) is 4.13. The van der Waals surface area contributed by atoms with Crippen molar-refractivity contribution in [2.75, 3.05) is 0 Å². The Bertz CT molecular complexity index is 638. The predicted molar refractivity (Wildman–Crippen MR) is 64.9 cm³/mol. The van der Waals surface area contributed by atoms with Gasteiger partial charge in [0.2, 0.25) is 0 Å². The van der Waals surface area contributed by atoms with Gasteiger partial charge < -0.3 is 14.1 Å². The molecular formula is C13H13NO4. The third kappa shape index (κ3) is 2.07. The summed E-state index contributed by atoms with van der Waals surface area (Å²) in [5.41, 5.74) is 0.574. The number of aromatic nitrogens is 1. The van der Waals surface area contributed by atoms with E-state index in [0.717, 1.165) is 5.56 Å². The lowest BCUT2D eigenvalue weighted by Crippen LogP contribution is -2.28. The highest BCUT2D eigenvalue weighted by Gasteiger charge is 2.17. The molecule has 1 N–H and O–H groups in total. The molecule has 18 heavy (non-hydrogen) atoms. The minimum absolute atomic E-state index is 0.179. The minimum Gasteiger partial charge on any atom is -0.477 e. The molecule has 0 amide bonds. The van der Waals surface area contributed by atoms with Gasteiger partial charge in [0, 0.05) is 6.20 Å². The van der Waals surface area contributed by atoms with Crippen LogP contribution in [0.25, 0.3) is 0 Å². The van der Waals surface area contributed by atoms with E-state index >= 15 is 0 Å². The first-order chi connectivity index (χ1) is 8.50. The number of aryl methyl sites for hydroxylation is 1. The van der Waals surface area contributed by atoms with Crippen LogP contribution in [0.5, 0.6) is 0 Å². The lowest BCUT2D eigenvalue weighted by molar-refractivity contribution is 0.0693. The SMILES string of the molecule is Cc1cn(Cc2ccco2)c(=O)c(C(=O)O)c1C. The van der Waals surface area contributed by atoms with Crippen molar-refractivity contribution in [2.45, 2.75) is 20.4 Å². The lowest BCUT2D eigenvalue weighted by atomic mass is 10.1. The Morgan fingerprint density at radius 1 is 1.44 bits per heavy atom. The van der Waals surface area contributed by atoms with E-state index in [2.05, 4.69) is 0 Å². The van der Waals surface area contributed by atoms with Gasteiger partial charge in [-0.3, -0.25) is 4.79 Å². The summed E-state index contributed by atoms with van der Waals surface area (Å²) in [5, 5.41) is 9.08. The van der Waals surface area contributed by atoms with Gasteiger partial charge in [-0.25, -0.2) is 4.79 Å². The van der Waals surface area contributed by atoms with E-state index in [-0.39, 0.29) is 12.1 Å². The first-order valence-corrected chi connectivity index (χ1v) is 5.47. The van der Waals surface area contributed by atoms with E-state index in [9.17, 15) is 9.59 Å². The van der Waals surface area contributed by atoms with Crippen LogP contribution in [0.1, 0.15) is 27.2 Å². The molecule has 2 rings (SSSR count). The molecule has 0 saturated carbocycles. The fourth-order valence-corrected chi connectivity index (χ4v) is 1.83. The highest BCUT2D eigenvalue weighted by Crippen LogP contribution is 2.10. The molecule has 0 saturated heterocycles. The average Bonchev–Trinajstić information content (AvgIpc) is 2.78. The lowest BCUT2D eigenvalue weighted by Gasteiger charge is -2.10. The number of carbonyl (C=O) groups is 1. The molecule has 0 aliphatic carbocycles. The zero-order valence-electron chi connectivity index (χ0n) is 10.1. The van der Waals surface area contributed by atoms with Gasteiger partial charge in [-0.05, 0) is 37.1 Å². The van der Waals surface area contributed by atoms with Gasteiger partial charge in [0.1, 0.15) is 11.3 Å². The number of aromatic carboxylic acids is 1. The van der Waals surface area contributed by atoms with Gasteiger partial charge in [-0.2, -0.15) is 0 Å². The van der Waals surface area contributed by atoms with Crippen molar-refractivity contribution in [2.24, 2.45) is 0 Å². The van der Waals surface area contributed by atoms with E-state index in [1.165, 1.54) is 10.8 Å². The quantitative estimate of drug-likeness (QED) is 0.897. The molecule has 0 fully saturated rings. The molecular weight excluding hydrogens is 234 g/mol. The molecule has 2 aromatic heterocycles. The smallest absolute Gasteiger partial charge is 0.341 e. The fourth-order valence-electron chi connectivity index (χ4n) is 1.83. The van der Waals surface area contributed by atoms with Crippen molar-refractivity contribution in [1.29, 1.82) is 0 Å². The van der Waals surface area contributed by atoms with Crippen LogP contribution in [-0.2, 0) is 6.54 Å². The van der Waals surface area contributed by atoms with Crippen LogP contribution in [0.15, 0.2) is 33.8 Å². The topological polar surface area (TPSA) is 72.4 Å². The number of nitrogens with zero attached hydrogens (tertiary/aromatic N) is 1. The van der Waals surface area contributed by atoms with Crippen molar-refractivity contribution in [3.63, 3.8) is 0 Å². The largest absolute Gasteiger partial charge is 0.477 e. The van der Waals surface area contributed by atoms with Gasteiger partial charge in [0.15, 0.2) is 0 Å². The Morgan fingerprint density at radius 3 is 2.72 bits per heavy atom. The van der Waals surface area contributed by atoms with E-state index in [1.54, 1.807) is 32.2 Å². The molecule has 0 spiro atoms. The van der Waals surface area contributed by atoms with Crippen molar-refractivity contribution in [1.82, 2.24) is 4.57 Å². The van der Waals surface area contributed by atoms with E-state index in [4.69, 9.17) is 9.52 Å². The standard InChI is InChI=1S/C13H13NO4/c1-8-6-14(7-10-4-3-5-18-10)12(15)11(9(8)2)13(16)17/h3-6H,7H2,1-2H3,(H,16,17). The predicted octanol–water partition coefficient (Wildman–Crippen LogP) is 1.80. The summed E-state index contributed by atoms with van der Waals surface area (Å²) in [6, 6.07) is 3.46. The van der Waals surface area contributed by atoms with E-state index in [0.29, 0.717) is 11.3 Å². The molecule has 0 radical (unpaired) electrons. The van der Waals surface area contributed by atoms with Gasteiger partial charge in [0.25, 0.3) is 5.56 Å². The van der Waals surface area contributed by atoms with Crippen LogP contribution >= 0.6 is 0 Å². The number of furan rings is 1. The van der Waals surface area contributed by atoms with Crippen molar-refractivity contribution in [3.8, 4) is 0 Å². The van der Waals surface area contributed by atoms with Crippen LogP contribution < -0.4 is 5.56 Å². The highest BCUT2D eigenvalue weighted by molar-refractivity contribution is 5.89. The molecule has 0 atom stereocenters. The molecule has 0 aliphatic rings. The van der Waals surface area contributed by atoms with Crippen LogP contribution in [0.4, 0.5) is 0 Å². The second-order valence-electron chi connectivity index (χ2n) is 4.13. The van der Waals surface area contributed by atoms with E-state index in [1.807, 2.05) is 0 Å². The van der Waals surface area contributed by atoms with Crippen molar-refractivity contribution >= 4 is 5.97 Å². The summed E-state index contributed by atoms with van der Waals surface area (Å²) in [5.74, 6) is -0.592. The van der Waals surface area contributed by atoms with Crippen LogP contribution in [0, 0.1) is 13.8 Å². The maximum Gasteiger partial charge on any atom is 0.341 e. The molecule has 94 valence electrons. The molecule has 5 heteroatoms. The average molecular weight is 247 g/mol. The maximum atomic E-state index is 12.1. The highest BCUT2D eigenvalue weighted by atomic mass is 16.4. The van der Waals surface area contributed by atoms with Crippen LogP contribution in [-0.4, -0.2) is 15.6 Å². The first kappa shape index (κ1) is 12.2. The Morgan fingerprint density at radius 2 is 2.17 bits per heavy atom. The Balaban J connectivity index is 2.56. The third-order valence-electron chi connectivity index (χ3n) is 2.91. The number of rotatable bonds is 3. The van der Waals surface area contributed by atoms with E-state index < -0.39 is 11.5 Å². The zero-order chi connectivity index (χ0) is 13.3. The second kappa shape index (κ2) is 4.52. The molecule has 5 nitrogen and oxygen atoms in total. The number of hydrogen-bond acceptors (Lipinski definition) is 3. The number of hydrogen-bond donors (Lipinski definition) is 1. The summed E-state index contributed by atoms with van der Waals surface area (Å²) in [7, 11) is 0. The van der Waals surface area contributed by atoms with Crippen molar-refractivity contribution < 1.29 is 14.3 Å². The molecule has 0 bridgehead atoms. The Hall–Kier alpha value is -2.30. The number of carboxylic acids is 1. The molecule has 0 aliphatic heterocycles. The molecule has 2 heterocycles. The Labute approximate surface area is 103 Å². The first-order valence-electron chi connectivity index (χ1n) is 5.47. The van der Waals surface area contributed by atoms with Crippen LogP contribution in [0.2, 0.25) is 0 Å². The maximum absolute atomic E-state index is 12.1. The summed E-state index contributed by atoms with van der Waals surface area (Å²) < 4.78 is 6.51. The van der Waals surface area contributed by atoms with Gasteiger partial charge in [-0.1, -0.05) is 0 Å². The normalized spacial score (nSPS) is 10.6. The summed E-state index contributed by atoms with van der Waals surface area (Å²) in [6.07, 6.45) is 3.16. The van der Waals surface area contributed by atoms with Crippen molar-refractivity contribution in [3.05, 3.63) is 57.4 Å². The summed E-state index contributed by atoms with van der Waals surface area (Å²) >= 11 is 0. The Kier molecular flexibility index (Phi) is 3.06. The third-order valence-corrected chi connectivity index (χ3v) is 2.91. The number of carboxylic acid groups (broad SMARTS) is 1. The van der Waals surface area contributed by atoms with Crippen LogP contribution in [0.3, 0.4) is 0 Å². The molecule has 2 aromatic rings. The van der Waals surface area contributed by atoms with Gasteiger partial charge >= 0.3 is 5.97 Å². The summed E-state index contributed by atoms with van der Waals surface area (Å²) in [6.45, 7) is 3.64. The minimum atomic E-state index is -1.20. The molecule has 0 unspecified atom stereocenters. The molecule has 0 aromatic carbocycles. The van der Waals surface area contributed by atoms with Gasteiger partial charge in [-0.15, -0.1) is 0 Å². The fraction of sp³-hybridized carbons (Fsp3) is 0.231. The summed E-state index contributed by atoms with van der Waals surface area (Å²) in [4.78, 5) is 23.2. The van der Waals surface area contributed by atoms with Gasteiger partial charge in [0.05, 0.1) is 12.8 Å². The zero-order valence-corrected chi connectivity index (χ0v) is 10.1.